The van der Waals surface area contributed by atoms with Crippen LogP contribution in [-0.4, -0.2) is 12.1 Å². The lowest BCUT2D eigenvalue weighted by Gasteiger charge is -2.13. The second-order valence-electron chi connectivity index (χ2n) is 4.84. The molecule has 0 saturated carbocycles. The molecule has 2 nitrogen and oxygen atoms in total. The molecule has 0 heterocycles. The first-order valence-electron chi connectivity index (χ1n) is 6.64. The highest BCUT2D eigenvalue weighted by atomic mass is 16.5. The lowest BCUT2D eigenvalue weighted by molar-refractivity contribution is -0.140. The first-order valence-corrected chi connectivity index (χ1v) is 6.64. The molecule has 2 heteroatoms. The van der Waals surface area contributed by atoms with Crippen LogP contribution in [0.3, 0.4) is 0 Å². The van der Waals surface area contributed by atoms with Crippen molar-refractivity contribution in [3.63, 3.8) is 0 Å². The molecule has 0 atom stereocenters. The Balaban J connectivity index is 2.38. The summed E-state index contributed by atoms with van der Waals surface area (Å²) < 4.78 is 5.22. The zero-order chi connectivity index (χ0) is 14.5. The van der Waals surface area contributed by atoms with Crippen LogP contribution in [0, 0.1) is 0 Å². The van der Waals surface area contributed by atoms with Crippen LogP contribution in [0.25, 0.3) is 16.7 Å². The number of rotatable bonds is 4. The Morgan fingerprint density at radius 3 is 2.25 bits per heavy atom. The number of hydrogen-bond donors (Lipinski definition) is 0. The number of ether oxygens (including phenoxy) is 1. The topological polar surface area (TPSA) is 26.3 Å². The summed E-state index contributed by atoms with van der Waals surface area (Å²) in [5, 5.41) is 0. The average molecular weight is 266 g/mol. The highest BCUT2D eigenvalue weighted by molar-refractivity contribution is 6.17. The summed E-state index contributed by atoms with van der Waals surface area (Å²) in [6.07, 6.45) is -0.150. The van der Waals surface area contributed by atoms with E-state index in [0.29, 0.717) is 5.57 Å². The Labute approximate surface area is 119 Å². The van der Waals surface area contributed by atoms with Crippen LogP contribution in [0.5, 0.6) is 0 Å². The first-order chi connectivity index (χ1) is 9.59. The largest absolute Gasteiger partial charge is 0.459 e. The molecule has 0 aromatic heterocycles. The molecule has 102 valence electrons. The molecule has 0 amide bonds. The summed E-state index contributed by atoms with van der Waals surface area (Å²) in [5.41, 5.74) is 3.24. The Hall–Kier alpha value is -2.35. The smallest absolute Gasteiger partial charge is 0.338 e. The van der Waals surface area contributed by atoms with Gasteiger partial charge in [-0.1, -0.05) is 61.2 Å². The van der Waals surface area contributed by atoms with Crippen LogP contribution in [0.2, 0.25) is 0 Å². The molecular weight excluding hydrogens is 248 g/mol. The van der Waals surface area contributed by atoms with Crippen molar-refractivity contribution in [2.75, 3.05) is 0 Å². The van der Waals surface area contributed by atoms with Crippen molar-refractivity contribution in [1.29, 1.82) is 0 Å². The third kappa shape index (κ3) is 3.15. The minimum absolute atomic E-state index is 0.150. The van der Waals surface area contributed by atoms with Crippen LogP contribution in [-0.2, 0) is 9.53 Å². The van der Waals surface area contributed by atoms with Crippen molar-refractivity contribution < 1.29 is 9.53 Å². The van der Waals surface area contributed by atoms with Gasteiger partial charge in [-0.15, -0.1) is 0 Å². The highest BCUT2D eigenvalue weighted by Gasteiger charge is 2.16. The zero-order valence-electron chi connectivity index (χ0n) is 11.8. The van der Waals surface area contributed by atoms with Gasteiger partial charge in [0.2, 0.25) is 0 Å². The maximum atomic E-state index is 12.0. The number of benzene rings is 2. The monoisotopic (exact) mass is 266 g/mol. The van der Waals surface area contributed by atoms with Gasteiger partial charge in [0.15, 0.2) is 0 Å². The standard InChI is InChI=1S/C18H18O2/c1-13(2)20-18(19)14(3)16-11-7-8-12-17(16)15-9-5-4-6-10-15/h4-13H,3H2,1-2H3. The number of carbonyl (C=O) groups is 1. The normalized spacial score (nSPS) is 10.3. The van der Waals surface area contributed by atoms with Crippen LogP contribution >= 0.6 is 0 Å². The van der Waals surface area contributed by atoms with Crippen molar-refractivity contribution >= 4 is 11.5 Å². The van der Waals surface area contributed by atoms with Crippen LogP contribution in [0.15, 0.2) is 61.2 Å². The second kappa shape index (κ2) is 6.20. The molecule has 2 aromatic rings. The predicted molar refractivity (Wildman–Crippen MR) is 82.1 cm³/mol. The Bertz CT molecular complexity index is 612. The van der Waals surface area contributed by atoms with E-state index >= 15 is 0 Å². The molecule has 0 aliphatic rings. The van der Waals surface area contributed by atoms with Crippen molar-refractivity contribution in [2.45, 2.75) is 20.0 Å². The van der Waals surface area contributed by atoms with Crippen LogP contribution in [0.4, 0.5) is 0 Å². The maximum absolute atomic E-state index is 12.0. The van der Waals surface area contributed by atoms with Gasteiger partial charge in [0.05, 0.1) is 11.7 Å². The van der Waals surface area contributed by atoms with Gasteiger partial charge in [-0.3, -0.25) is 0 Å². The van der Waals surface area contributed by atoms with Gasteiger partial charge in [0, 0.05) is 0 Å². The van der Waals surface area contributed by atoms with E-state index in [2.05, 4.69) is 6.58 Å². The van der Waals surface area contributed by atoms with E-state index in [1.54, 1.807) is 0 Å². The molecule has 0 bridgehead atoms. The summed E-state index contributed by atoms with van der Waals surface area (Å²) in [7, 11) is 0. The van der Waals surface area contributed by atoms with Gasteiger partial charge in [-0.25, -0.2) is 4.79 Å². The molecule has 0 aliphatic carbocycles. The van der Waals surface area contributed by atoms with Crippen molar-refractivity contribution in [1.82, 2.24) is 0 Å². The highest BCUT2D eigenvalue weighted by Crippen LogP contribution is 2.28. The molecule has 2 aromatic carbocycles. The third-order valence-electron chi connectivity index (χ3n) is 2.93. The Kier molecular flexibility index (Phi) is 4.36. The molecule has 0 unspecified atom stereocenters. The lowest BCUT2D eigenvalue weighted by atomic mass is 9.95. The minimum atomic E-state index is -0.372. The molecule has 0 N–H and O–H groups in total. The van der Waals surface area contributed by atoms with Crippen LogP contribution < -0.4 is 0 Å². The molecule has 2 rings (SSSR count). The lowest BCUT2D eigenvalue weighted by Crippen LogP contribution is -2.12. The van der Waals surface area contributed by atoms with Gasteiger partial charge in [0.25, 0.3) is 0 Å². The van der Waals surface area contributed by atoms with Gasteiger partial charge < -0.3 is 4.74 Å². The fraction of sp³-hybridized carbons (Fsp3) is 0.167. The van der Waals surface area contributed by atoms with E-state index < -0.39 is 0 Å². The van der Waals surface area contributed by atoms with Crippen LogP contribution in [0.1, 0.15) is 19.4 Å². The van der Waals surface area contributed by atoms with Crippen molar-refractivity contribution in [3.05, 3.63) is 66.7 Å². The van der Waals surface area contributed by atoms with E-state index in [-0.39, 0.29) is 12.1 Å². The molecule has 0 fully saturated rings. The van der Waals surface area contributed by atoms with Crippen molar-refractivity contribution in [3.8, 4) is 11.1 Å². The van der Waals surface area contributed by atoms with E-state index in [4.69, 9.17) is 4.74 Å². The number of hydrogen-bond acceptors (Lipinski definition) is 2. The fourth-order valence-corrected chi connectivity index (χ4v) is 2.01. The molecule has 20 heavy (non-hydrogen) atoms. The maximum Gasteiger partial charge on any atom is 0.338 e. The quantitative estimate of drug-likeness (QED) is 0.608. The first kappa shape index (κ1) is 14.1. The summed E-state index contributed by atoms with van der Waals surface area (Å²) in [4.78, 5) is 12.0. The van der Waals surface area contributed by atoms with Gasteiger partial charge >= 0.3 is 5.97 Å². The fourth-order valence-electron chi connectivity index (χ4n) is 2.01. The Morgan fingerprint density at radius 2 is 1.60 bits per heavy atom. The van der Waals surface area contributed by atoms with Gasteiger partial charge in [-0.05, 0) is 30.5 Å². The summed E-state index contributed by atoms with van der Waals surface area (Å²) >= 11 is 0. The summed E-state index contributed by atoms with van der Waals surface area (Å²) in [6.45, 7) is 7.54. The molecule has 0 aliphatic heterocycles. The number of esters is 1. The molecule has 0 radical (unpaired) electrons. The Morgan fingerprint density at radius 1 is 1.00 bits per heavy atom. The van der Waals surface area contributed by atoms with Crippen molar-refractivity contribution in [2.24, 2.45) is 0 Å². The predicted octanol–water partition coefficient (Wildman–Crippen LogP) is 4.32. The van der Waals surface area contributed by atoms with Gasteiger partial charge in [-0.2, -0.15) is 0 Å². The summed E-state index contributed by atoms with van der Waals surface area (Å²) in [6, 6.07) is 17.7. The minimum Gasteiger partial charge on any atom is -0.459 e. The average Bonchev–Trinajstić information content (AvgIpc) is 2.46. The molecular formula is C18H18O2. The SMILES string of the molecule is C=C(C(=O)OC(C)C)c1ccccc1-c1ccccc1. The van der Waals surface area contributed by atoms with E-state index in [9.17, 15) is 4.79 Å². The molecule has 0 spiro atoms. The van der Waals surface area contributed by atoms with E-state index in [1.807, 2.05) is 68.4 Å². The number of carbonyl (C=O) groups excluding carboxylic acids is 1. The third-order valence-corrected chi connectivity index (χ3v) is 2.93. The van der Waals surface area contributed by atoms with E-state index in [1.165, 1.54) is 0 Å². The zero-order valence-corrected chi connectivity index (χ0v) is 11.8. The molecule has 0 saturated heterocycles. The summed E-state index contributed by atoms with van der Waals surface area (Å²) in [5.74, 6) is -0.372. The van der Waals surface area contributed by atoms with E-state index in [0.717, 1.165) is 16.7 Å². The van der Waals surface area contributed by atoms with Gasteiger partial charge in [0.1, 0.15) is 0 Å². The second-order valence-corrected chi connectivity index (χ2v) is 4.84.